The Balaban J connectivity index is 2.16. The Kier molecular flexibility index (Phi) is 4.59. The molecule has 1 heterocycles. The van der Waals surface area contributed by atoms with Crippen LogP contribution in [0.2, 0.25) is 0 Å². The maximum atomic E-state index is 13.9. The highest BCUT2D eigenvalue weighted by Crippen LogP contribution is 2.19. The minimum Gasteiger partial charge on any atom is -0.497 e. The Morgan fingerprint density at radius 3 is 3.00 bits per heavy atom. The Morgan fingerprint density at radius 1 is 1.62 bits per heavy atom. The molecule has 8 heteroatoms. The van der Waals surface area contributed by atoms with Crippen molar-refractivity contribution in [2.75, 3.05) is 26.8 Å². The number of carbonyl (C=O) groups excluding carboxylic acids is 1. The van der Waals surface area contributed by atoms with Crippen LogP contribution in [0.15, 0.2) is 23.4 Å². The number of benzene rings is 1. The molecule has 114 valence electrons. The van der Waals surface area contributed by atoms with Crippen LogP contribution in [0.5, 0.6) is 5.75 Å². The second-order valence-electron chi connectivity index (χ2n) is 4.48. The van der Waals surface area contributed by atoms with E-state index in [1.807, 2.05) is 0 Å². The molecule has 0 bridgehead atoms. The molecular formula is C13H16FN3O4. The second-order valence-corrected chi connectivity index (χ2v) is 4.48. The van der Waals surface area contributed by atoms with E-state index in [2.05, 4.69) is 5.16 Å². The van der Waals surface area contributed by atoms with Crippen LogP contribution in [0.25, 0.3) is 0 Å². The van der Waals surface area contributed by atoms with Crippen molar-refractivity contribution in [1.82, 2.24) is 4.90 Å². The minimum absolute atomic E-state index is 0.0593. The third-order valence-electron chi connectivity index (χ3n) is 3.21. The van der Waals surface area contributed by atoms with Gasteiger partial charge in [0.15, 0.2) is 5.84 Å². The Bertz CT molecular complexity index is 564. The van der Waals surface area contributed by atoms with Crippen LogP contribution in [0.1, 0.15) is 10.4 Å². The van der Waals surface area contributed by atoms with E-state index in [0.717, 1.165) is 6.07 Å². The van der Waals surface area contributed by atoms with Crippen LogP contribution in [-0.4, -0.2) is 54.8 Å². The van der Waals surface area contributed by atoms with Crippen LogP contribution in [0.3, 0.4) is 0 Å². The molecule has 1 aromatic carbocycles. The highest BCUT2D eigenvalue weighted by Gasteiger charge is 2.28. The molecular weight excluding hydrogens is 281 g/mol. The Hall–Kier alpha value is -2.35. The van der Waals surface area contributed by atoms with E-state index in [0.29, 0.717) is 12.3 Å². The van der Waals surface area contributed by atoms with E-state index in [9.17, 15) is 9.18 Å². The molecule has 1 amide bonds. The number of amides is 1. The van der Waals surface area contributed by atoms with Gasteiger partial charge in [-0.05, 0) is 12.1 Å². The van der Waals surface area contributed by atoms with Crippen molar-refractivity contribution >= 4 is 11.7 Å². The molecule has 0 aliphatic carbocycles. The van der Waals surface area contributed by atoms with E-state index in [1.54, 1.807) is 0 Å². The number of nitrogens with two attached hydrogens (primary N) is 1. The van der Waals surface area contributed by atoms with Crippen molar-refractivity contribution in [2.45, 2.75) is 6.10 Å². The van der Waals surface area contributed by atoms with Gasteiger partial charge in [0.2, 0.25) is 0 Å². The molecule has 1 aliphatic rings. The summed E-state index contributed by atoms with van der Waals surface area (Å²) < 4.78 is 24.1. The van der Waals surface area contributed by atoms with Crippen LogP contribution in [0, 0.1) is 5.82 Å². The first kappa shape index (κ1) is 15.0. The lowest BCUT2D eigenvalue weighted by molar-refractivity contribution is 0.00654. The van der Waals surface area contributed by atoms with Gasteiger partial charge in [-0.2, -0.15) is 0 Å². The van der Waals surface area contributed by atoms with Gasteiger partial charge in [-0.1, -0.05) is 5.16 Å². The summed E-state index contributed by atoms with van der Waals surface area (Å²) in [4.78, 5) is 13.7. The maximum absolute atomic E-state index is 13.9. The number of hydrogen-bond donors (Lipinski definition) is 2. The summed E-state index contributed by atoms with van der Waals surface area (Å²) in [6, 6.07) is 4.02. The molecule has 1 saturated heterocycles. The quantitative estimate of drug-likeness (QED) is 0.365. The fourth-order valence-electron chi connectivity index (χ4n) is 2.04. The van der Waals surface area contributed by atoms with Crippen LogP contribution in [-0.2, 0) is 4.74 Å². The first-order chi connectivity index (χ1) is 10.1. The molecule has 1 atom stereocenters. The standard InChI is InChI=1S/C13H16FN3O4/c1-20-8-2-3-9(10(14)6-8)13(18)17-4-5-21-11(7-17)12(15)16-19/h2-3,6,11,19H,4-5,7H2,1H3,(H2,15,16). The maximum Gasteiger partial charge on any atom is 0.257 e. The van der Waals surface area contributed by atoms with Crippen molar-refractivity contribution in [2.24, 2.45) is 10.9 Å². The van der Waals surface area contributed by atoms with Gasteiger partial charge in [0, 0.05) is 12.6 Å². The summed E-state index contributed by atoms with van der Waals surface area (Å²) in [5.74, 6) is -0.927. The third-order valence-corrected chi connectivity index (χ3v) is 3.21. The normalized spacial score (nSPS) is 19.4. The summed E-state index contributed by atoms with van der Waals surface area (Å²) >= 11 is 0. The van der Waals surface area contributed by atoms with Crippen LogP contribution < -0.4 is 10.5 Å². The summed E-state index contributed by atoms with van der Waals surface area (Å²) in [5, 5.41) is 11.5. The average Bonchev–Trinajstić information content (AvgIpc) is 2.53. The molecule has 0 spiro atoms. The van der Waals surface area contributed by atoms with Crippen molar-refractivity contribution in [1.29, 1.82) is 0 Å². The molecule has 7 nitrogen and oxygen atoms in total. The summed E-state index contributed by atoms with van der Waals surface area (Å²) in [5.41, 5.74) is 5.40. The number of hydrogen-bond acceptors (Lipinski definition) is 5. The smallest absolute Gasteiger partial charge is 0.257 e. The molecule has 0 radical (unpaired) electrons. The zero-order chi connectivity index (χ0) is 15.4. The number of carbonyl (C=O) groups is 1. The molecule has 2 rings (SSSR count). The van der Waals surface area contributed by atoms with Gasteiger partial charge in [-0.3, -0.25) is 4.79 Å². The van der Waals surface area contributed by atoms with Gasteiger partial charge in [0.05, 0.1) is 25.8 Å². The van der Waals surface area contributed by atoms with E-state index in [1.165, 1.54) is 24.1 Å². The number of rotatable bonds is 3. The highest BCUT2D eigenvalue weighted by molar-refractivity contribution is 5.95. The van der Waals surface area contributed by atoms with E-state index in [4.69, 9.17) is 20.4 Å². The second kappa shape index (κ2) is 6.40. The lowest BCUT2D eigenvalue weighted by atomic mass is 10.1. The van der Waals surface area contributed by atoms with Crippen LogP contribution in [0.4, 0.5) is 4.39 Å². The predicted molar refractivity (Wildman–Crippen MR) is 72.0 cm³/mol. The average molecular weight is 297 g/mol. The SMILES string of the molecule is COc1ccc(C(=O)N2CCOC(/C(N)=N/O)C2)c(F)c1. The monoisotopic (exact) mass is 297 g/mol. The number of amidine groups is 1. The van der Waals surface area contributed by atoms with Gasteiger partial charge in [0.25, 0.3) is 5.91 Å². The van der Waals surface area contributed by atoms with Crippen molar-refractivity contribution in [3.8, 4) is 5.75 Å². The molecule has 0 saturated carbocycles. The van der Waals surface area contributed by atoms with Crippen LogP contribution >= 0.6 is 0 Å². The largest absolute Gasteiger partial charge is 0.497 e. The fourth-order valence-corrected chi connectivity index (χ4v) is 2.04. The summed E-state index contributed by atoms with van der Waals surface area (Å²) in [6.45, 7) is 0.629. The minimum atomic E-state index is -0.700. The fraction of sp³-hybridized carbons (Fsp3) is 0.385. The predicted octanol–water partition coefficient (Wildman–Crippen LogP) is 0.422. The van der Waals surface area contributed by atoms with Gasteiger partial charge in [0.1, 0.15) is 17.7 Å². The number of ether oxygens (including phenoxy) is 2. The molecule has 1 aromatic rings. The lowest BCUT2D eigenvalue weighted by Gasteiger charge is -2.32. The topological polar surface area (TPSA) is 97.4 Å². The van der Waals surface area contributed by atoms with E-state index >= 15 is 0 Å². The highest BCUT2D eigenvalue weighted by atomic mass is 19.1. The molecule has 21 heavy (non-hydrogen) atoms. The van der Waals surface area contributed by atoms with Gasteiger partial charge < -0.3 is 25.3 Å². The molecule has 1 aliphatic heterocycles. The molecule has 0 aromatic heterocycles. The first-order valence-corrected chi connectivity index (χ1v) is 6.28. The number of methoxy groups -OCH3 is 1. The molecule has 1 unspecified atom stereocenters. The van der Waals surface area contributed by atoms with Gasteiger partial charge in [-0.15, -0.1) is 0 Å². The zero-order valence-electron chi connectivity index (χ0n) is 11.5. The number of oxime groups is 1. The van der Waals surface area contributed by atoms with Gasteiger partial charge in [-0.25, -0.2) is 4.39 Å². The Labute approximate surface area is 120 Å². The summed E-state index contributed by atoms with van der Waals surface area (Å²) in [7, 11) is 1.42. The first-order valence-electron chi connectivity index (χ1n) is 6.28. The lowest BCUT2D eigenvalue weighted by Crippen LogP contribution is -2.50. The number of halogens is 1. The van der Waals surface area contributed by atoms with Crippen molar-refractivity contribution in [3.63, 3.8) is 0 Å². The number of nitrogens with zero attached hydrogens (tertiary/aromatic N) is 2. The summed E-state index contributed by atoms with van der Waals surface area (Å²) in [6.07, 6.45) is -0.700. The molecule has 1 fully saturated rings. The Morgan fingerprint density at radius 2 is 2.38 bits per heavy atom. The number of morpholine rings is 1. The molecule has 3 N–H and O–H groups in total. The zero-order valence-corrected chi connectivity index (χ0v) is 11.5. The van der Waals surface area contributed by atoms with Crippen molar-refractivity contribution < 1.29 is 23.9 Å². The van der Waals surface area contributed by atoms with Crippen molar-refractivity contribution in [3.05, 3.63) is 29.6 Å². The van der Waals surface area contributed by atoms with E-state index in [-0.39, 0.29) is 24.6 Å². The third kappa shape index (κ3) is 3.22. The van der Waals surface area contributed by atoms with E-state index < -0.39 is 17.8 Å². The van der Waals surface area contributed by atoms with Gasteiger partial charge >= 0.3 is 0 Å².